The van der Waals surface area contributed by atoms with Gasteiger partial charge >= 0.3 is 12.1 Å². The van der Waals surface area contributed by atoms with Gasteiger partial charge in [0.25, 0.3) is 0 Å². The minimum absolute atomic E-state index is 0.206. The molecule has 0 spiro atoms. The van der Waals surface area contributed by atoms with Gasteiger partial charge in [-0.05, 0) is 0 Å². The van der Waals surface area contributed by atoms with E-state index in [2.05, 4.69) is 9.97 Å². The van der Waals surface area contributed by atoms with Crippen LogP contribution < -0.4 is 9.64 Å². The summed E-state index contributed by atoms with van der Waals surface area (Å²) in [6, 6.07) is 1.37. The van der Waals surface area contributed by atoms with Crippen molar-refractivity contribution in [2.75, 3.05) is 25.1 Å². The quantitative estimate of drug-likeness (QED) is 0.901. The molecule has 0 unspecified atom stereocenters. The summed E-state index contributed by atoms with van der Waals surface area (Å²) < 4.78 is 43.4. The topological polar surface area (TPSA) is 75.5 Å². The van der Waals surface area contributed by atoms with E-state index in [1.54, 1.807) is 0 Å². The zero-order valence-electron chi connectivity index (χ0n) is 10.5. The number of rotatable bonds is 3. The molecule has 2 atom stereocenters. The Morgan fingerprint density at radius 3 is 2.65 bits per heavy atom. The highest BCUT2D eigenvalue weighted by Gasteiger charge is 2.52. The first-order valence-electron chi connectivity index (χ1n) is 5.73. The number of nitrogens with zero attached hydrogens (tertiary/aromatic N) is 3. The smallest absolute Gasteiger partial charge is 0.394 e. The Morgan fingerprint density at radius 1 is 1.45 bits per heavy atom. The lowest BCUT2D eigenvalue weighted by Gasteiger charge is -2.18. The maximum absolute atomic E-state index is 12.9. The normalized spacial score (nSPS) is 22.9. The number of hydrogen-bond donors (Lipinski definition) is 1. The number of anilines is 1. The maximum Gasteiger partial charge on any atom is 0.394 e. The van der Waals surface area contributed by atoms with Crippen LogP contribution in [0.5, 0.6) is 5.88 Å². The van der Waals surface area contributed by atoms with E-state index in [1.807, 2.05) is 0 Å². The van der Waals surface area contributed by atoms with Gasteiger partial charge in [-0.1, -0.05) is 0 Å². The first kappa shape index (κ1) is 14.4. The van der Waals surface area contributed by atoms with Gasteiger partial charge in [-0.25, -0.2) is 9.97 Å². The van der Waals surface area contributed by atoms with E-state index in [1.165, 1.54) is 18.1 Å². The third kappa shape index (κ3) is 2.75. The van der Waals surface area contributed by atoms with Crippen LogP contribution in [0.4, 0.5) is 19.0 Å². The van der Waals surface area contributed by atoms with Crippen LogP contribution in [-0.4, -0.2) is 47.4 Å². The third-order valence-electron chi connectivity index (χ3n) is 3.22. The average Bonchev–Trinajstić information content (AvgIpc) is 2.84. The van der Waals surface area contributed by atoms with Crippen molar-refractivity contribution in [1.82, 2.24) is 9.97 Å². The fourth-order valence-electron chi connectivity index (χ4n) is 2.19. The van der Waals surface area contributed by atoms with Crippen LogP contribution in [0, 0.1) is 11.8 Å². The second kappa shape index (κ2) is 5.14. The molecule has 0 amide bonds. The summed E-state index contributed by atoms with van der Waals surface area (Å²) in [7, 11) is 1.37. The lowest BCUT2D eigenvalue weighted by Crippen LogP contribution is -2.33. The van der Waals surface area contributed by atoms with Crippen LogP contribution in [0.3, 0.4) is 0 Å². The van der Waals surface area contributed by atoms with Crippen molar-refractivity contribution in [1.29, 1.82) is 0 Å². The summed E-state index contributed by atoms with van der Waals surface area (Å²) >= 11 is 0. The monoisotopic (exact) mass is 291 g/mol. The van der Waals surface area contributed by atoms with Crippen molar-refractivity contribution in [3.05, 3.63) is 12.4 Å². The molecule has 1 saturated heterocycles. The number of alkyl halides is 3. The largest absolute Gasteiger partial charge is 0.481 e. The fourth-order valence-corrected chi connectivity index (χ4v) is 2.19. The van der Waals surface area contributed by atoms with Gasteiger partial charge in [0.15, 0.2) is 0 Å². The second-order valence-electron chi connectivity index (χ2n) is 4.42. The first-order chi connectivity index (χ1) is 9.32. The average molecular weight is 291 g/mol. The van der Waals surface area contributed by atoms with E-state index in [9.17, 15) is 18.0 Å². The van der Waals surface area contributed by atoms with Crippen LogP contribution in [-0.2, 0) is 4.79 Å². The Hall–Kier alpha value is -2.06. The van der Waals surface area contributed by atoms with E-state index < -0.39 is 30.5 Å². The van der Waals surface area contributed by atoms with E-state index in [4.69, 9.17) is 9.84 Å². The highest BCUT2D eigenvalue weighted by molar-refractivity contribution is 5.72. The highest BCUT2D eigenvalue weighted by Crippen LogP contribution is 2.39. The Bertz CT molecular complexity index is 509. The van der Waals surface area contributed by atoms with Crippen molar-refractivity contribution < 1.29 is 27.8 Å². The number of carboxylic acid groups (broad SMARTS) is 1. The Labute approximate surface area is 112 Å². The van der Waals surface area contributed by atoms with Crippen LogP contribution in [0.2, 0.25) is 0 Å². The molecule has 0 aromatic carbocycles. The van der Waals surface area contributed by atoms with Gasteiger partial charge in [-0.15, -0.1) is 0 Å². The molecular formula is C11H12F3N3O3. The van der Waals surface area contributed by atoms with Gasteiger partial charge in [0.1, 0.15) is 12.1 Å². The first-order valence-corrected chi connectivity index (χ1v) is 5.73. The zero-order chi connectivity index (χ0) is 14.9. The van der Waals surface area contributed by atoms with Crippen molar-refractivity contribution >= 4 is 11.8 Å². The van der Waals surface area contributed by atoms with E-state index in [0.717, 1.165) is 6.33 Å². The molecule has 0 saturated carbocycles. The van der Waals surface area contributed by atoms with E-state index in [-0.39, 0.29) is 18.2 Å². The number of ether oxygens (including phenoxy) is 1. The summed E-state index contributed by atoms with van der Waals surface area (Å²) in [5, 5.41) is 8.93. The lowest BCUT2D eigenvalue weighted by molar-refractivity contribution is -0.187. The molecule has 1 N–H and O–H groups in total. The molecule has 20 heavy (non-hydrogen) atoms. The molecule has 1 aliphatic rings. The molecule has 2 rings (SSSR count). The molecule has 110 valence electrons. The summed E-state index contributed by atoms with van der Waals surface area (Å²) in [5.41, 5.74) is 0. The number of aromatic nitrogens is 2. The Kier molecular flexibility index (Phi) is 3.69. The third-order valence-corrected chi connectivity index (χ3v) is 3.22. The summed E-state index contributed by atoms with van der Waals surface area (Å²) in [4.78, 5) is 19.9. The molecule has 1 aliphatic heterocycles. The highest BCUT2D eigenvalue weighted by atomic mass is 19.4. The molecule has 0 bridgehead atoms. The van der Waals surface area contributed by atoms with E-state index >= 15 is 0 Å². The van der Waals surface area contributed by atoms with Crippen molar-refractivity contribution in [3.63, 3.8) is 0 Å². The predicted octanol–water partition coefficient (Wildman–Crippen LogP) is 1.18. The Balaban J connectivity index is 2.25. The maximum atomic E-state index is 12.9. The van der Waals surface area contributed by atoms with Gasteiger partial charge in [0, 0.05) is 19.2 Å². The summed E-state index contributed by atoms with van der Waals surface area (Å²) in [6.07, 6.45) is -3.40. The minimum atomic E-state index is -4.56. The molecule has 1 aromatic rings. The number of halogens is 3. The van der Waals surface area contributed by atoms with Crippen molar-refractivity contribution in [2.45, 2.75) is 6.18 Å². The molecule has 6 nitrogen and oxygen atoms in total. The summed E-state index contributed by atoms with van der Waals surface area (Å²) in [5.74, 6) is -4.46. The number of carboxylic acids is 1. The van der Waals surface area contributed by atoms with Gasteiger partial charge in [0.05, 0.1) is 18.9 Å². The van der Waals surface area contributed by atoms with Gasteiger partial charge < -0.3 is 14.7 Å². The number of hydrogen-bond acceptors (Lipinski definition) is 5. The molecule has 1 fully saturated rings. The van der Waals surface area contributed by atoms with Gasteiger partial charge in [0.2, 0.25) is 5.88 Å². The van der Waals surface area contributed by atoms with Crippen LogP contribution >= 0.6 is 0 Å². The molecule has 0 aliphatic carbocycles. The van der Waals surface area contributed by atoms with Gasteiger partial charge in [-0.3, -0.25) is 4.79 Å². The number of carbonyl (C=O) groups is 1. The molecule has 2 heterocycles. The minimum Gasteiger partial charge on any atom is -0.481 e. The second-order valence-corrected chi connectivity index (χ2v) is 4.42. The lowest BCUT2D eigenvalue weighted by atomic mass is 9.96. The Morgan fingerprint density at radius 2 is 2.15 bits per heavy atom. The van der Waals surface area contributed by atoms with Crippen LogP contribution in [0.25, 0.3) is 0 Å². The standard InChI is InChI=1S/C11H12F3N3O3/c1-20-9-2-8(15-5-16-9)17-3-6(10(18)19)7(4-17)11(12,13)14/h2,5-7H,3-4H2,1H3,(H,18,19)/t6-,7-/m1/s1. The fraction of sp³-hybridized carbons (Fsp3) is 0.545. The zero-order valence-corrected chi connectivity index (χ0v) is 10.5. The van der Waals surface area contributed by atoms with E-state index in [0.29, 0.717) is 0 Å². The molecule has 0 radical (unpaired) electrons. The molecule has 9 heteroatoms. The van der Waals surface area contributed by atoms with Gasteiger partial charge in [-0.2, -0.15) is 13.2 Å². The molecular weight excluding hydrogens is 279 g/mol. The number of methoxy groups -OCH3 is 1. The predicted molar refractivity (Wildman–Crippen MR) is 61.5 cm³/mol. The van der Waals surface area contributed by atoms with Crippen LogP contribution in [0.15, 0.2) is 12.4 Å². The SMILES string of the molecule is COc1cc(N2C[C@@H](C(F)(F)F)[C@H](C(=O)O)C2)ncn1. The van der Waals surface area contributed by atoms with Crippen molar-refractivity contribution in [3.8, 4) is 5.88 Å². The van der Waals surface area contributed by atoms with Crippen molar-refractivity contribution in [2.24, 2.45) is 11.8 Å². The van der Waals surface area contributed by atoms with Crippen LogP contribution in [0.1, 0.15) is 0 Å². The molecule has 1 aromatic heterocycles. The number of aliphatic carboxylic acids is 1. The summed E-state index contributed by atoms with van der Waals surface area (Å²) in [6.45, 7) is -0.694.